The van der Waals surface area contributed by atoms with Crippen molar-refractivity contribution in [2.45, 2.75) is 38.5 Å². The third-order valence-corrected chi connectivity index (χ3v) is 3.46. The Bertz CT molecular complexity index is 413. The van der Waals surface area contributed by atoms with Crippen molar-refractivity contribution in [2.24, 2.45) is 0 Å². The van der Waals surface area contributed by atoms with Crippen LogP contribution in [0.1, 0.15) is 38.7 Å². The van der Waals surface area contributed by atoms with Gasteiger partial charge in [-0.1, -0.05) is 19.9 Å². The van der Waals surface area contributed by atoms with Gasteiger partial charge < -0.3 is 9.53 Å². The van der Waals surface area contributed by atoms with Crippen LogP contribution in [0, 0.1) is 11.6 Å². The molecule has 0 N–H and O–H groups in total. The molecule has 0 radical (unpaired) electrons. The lowest BCUT2D eigenvalue weighted by Crippen LogP contribution is -2.34. The van der Waals surface area contributed by atoms with Crippen LogP contribution in [0.4, 0.5) is 8.78 Å². The third kappa shape index (κ3) is 3.60. The van der Waals surface area contributed by atoms with Crippen molar-refractivity contribution in [3.05, 3.63) is 35.4 Å². The second-order valence-electron chi connectivity index (χ2n) is 4.39. The molecular weight excluding hydrogens is 250 g/mol. The van der Waals surface area contributed by atoms with Crippen molar-refractivity contribution in [2.75, 3.05) is 13.2 Å². The van der Waals surface area contributed by atoms with E-state index < -0.39 is 17.0 Å². The Morgan fingerprint density at radius 2 is 1.84 bits per heavy atom. The first-order valence-corrected chi connectivity index (χ1v) is 6.65. The molecule has 4 heteroatoms. The van der Waals surface area contributed by atoms with E-state index in [1.807, 2.05) is 13.8 Å². The summed E-state index contributed by atoms with van der Waals surface area (Å²) in [6.07, 6.45) is 2.49. The molecule has 1 aromatic carbocycles. The molecule has 19 heavy (non-hydrogen) atoms. The Kier molecular flexibility index (Phi) is 6.09. The van der Waals surface area contributed by atoms with Gasteiger partial charge in [-0.05, 0) is 30.5 Å². The van der Waals surface area contributed by atoms with Gasteiger partial charge in [0.25, 0.3) is 0 Å². The van der Waals surface area contributed by atoms with E-state index in [4.69, 9.17) is 4.74 Å². The molecule has 1 aliphatic heterocycles. The van der Waals surface area contributed by atoms with Crippen LogP contribution in [0.5, 0.6) is 0 Å². The molecule has 1 heterocycles. The molecule has 0 spiro atoms. The molecule has 1 aliphatic rings. The highest BCUT2D eigenvalue weighted by molar-refractivity contribution is 5.53. The lowest BCUT2D eigenvalue weighted by molar-refractivity contribution is -0.109. The van der Waals surface area contributed by atoms with Gasteiger partial charge in [0.1, 0.15) is 6.29 Å². The summed E-state index contributed by atoms with van der Waals surface area (Å²) in [5.74, 6) is -1.72. The molecule has 0 amide bonds. The summed E-state index contributed by atoms with van der Waals surface area (Å²) in [6, 6.07) is 3.88. The lowest BCUT2D eigenvalue weighted by atomic mass is 9.72. The smallest absolute Gasteiger partial charge is 0.159 e. The van der Waals surface area contributed by atoms with Gasteiger partial charge >= 0.3 is 0 Å². The van der Waals surface area contributed by atoms with Gasteiger partial charge in [-0.2, -0.15) is 0 Å². The SMILES string of the molecule is CC.O=CCC1(c2ccc(F)c(F)c2)CCOCC1. The van der Waals surface area contributed by atoms with Crippen molar-refractivity contribution < 1.29 is 18.3 Å². The zero-order chi connectivity index (χ0) is 14.3. The molecule has 2 rings (SSSR count). The predicted molar refractivity (Wildman–Crippen MR) is 70.1 cm³/mol. The minimum absolute atomic E-state index is 0.321. The van der Waals surface area contributed by atoms with Crippen molar-refractivity contribution in [3.63, 3.8) is 0 Å². The zero-order valence-corrected chi connectivity index (χ0v) is 11.4. The molecule has 1 saturated heterocycles. The molecule has 1 aromatic rings. The molecule has 1 fully saturated rings. The lowest BCUT2D eigenvalue weighted by Gasteiger charge is -2.36. The first kappa shape index (κ1) is 15.8. The fraction of sp³-hybridized carbons (Fsp3) is 0.533. The van der Waals surface area contributed by atoms with Crippen LogP contribution in [0.15, 0.2) is 18.2 Å². The van der Waals surface area contributed by atoms with Gasteiger partial charge in [0.05, 0.1) is 0 Å². The minimum Gasteiger partial charge on any atom is -0.381 e. The first-order chi connectivity index (χ1) is 9.18. The average Bonchev–Trinajstić information content (AvgIpc) is 2.45. The number of benzene rings is 1. The van der Waals surface area contributed by atoms with Crippen LogP contribution in [0.3, 0.4) is 0 Å². The summed E-state index contributed by atoms with van der Waals surface area (Å²) >= 11 is 0. The van der Waals surface area contributed by atoms with Crippen LogP contribution in [-0.2, 0) is 14.9 Å². The van der Waals surface area contributed by atoms with Crippen molar-refractivity contribution in [1.82, 2.24) is 0 Å². The summed E-state index contributed by atoms with van der Waals surface area (Å²) in [5, 5.41) is 0. The molecule has 2 nitrogen and oxygen atoms in total. The van der Waals surface area contributed by atoms with Gasteiger partial charge in [-0.15, -0.1) is 0 Å². The van der Waals surface area contributed by atoms with Crippen molar-refractivity contribution in [3.8, 4) is 0 Å². The zero-order valence-electron chi connectivity index (χ0n) is 11.4. The maximum Gasteiger partial charge on any atom is 0.159 e. The molecular formula is C15H20F2O2. The molecule has 0 aromatic heterocycles. The number of carbonyl (C=O) groups is 1. The maximum atomic E-state index is 13.2. The number of halogens is 2. The molecule has 0 atom stereocenters. The second kappa shape index (κ2) is 7.34. The fourth-order valence-corrected chi connectivity index (χ4v) is 2.36. The first-order valence-electron chi connectivity index (χ1n) is 6.65. The van der Waals surface area contributed by atoms with E-state index in [1.54, 1.807) is 6.07 Å². The Balaban J connectivity index is 0.000000861. The van der Waals surface area contributed by atoms with Crippen molar-refractivity contribution in [1.29, 1.82) is 0 Å². The monoisotopic (exact) mass is 270 g/mol. The number of hydrogen-bond donors (Lipinski definition) is 0. The van der Waals surface area contributed by atoms with Crippen LogP contribution in [-0.4, -0.2) is 19.5 Å². The average molecular weight is 270 g/mol. The Morgan fingerprint density at radius 1 is 1.21 bits per heavy atom. The van der Waals surface area contributed by atoms with Gasteiger partial charge in [-0.25, -0.2) is 8.78 Å². The molecule has 0 unspecified atom stereocenters. The van der Waals surface area contributed by atoms with Gasteiger partial charge in [0.2, 0.25) is 0 Å². The van der Waals surface area contributed by atoms with Crippen LogP contribution in [0.25, 0.3) is 0 Å². The third-order valence-electron chi connectivity index (χ3n) is 3.46. The number of rotatable bonds is 3. The van der Waals surface area contributed by atoms with Crippen molar-refractivity contribution >= 4 is 6.29 Å². The van der Waals surface area contributed by atoms with E-state index in [0.29, 0.717) is 38.0 Å². The Morgan fingerprint density at radius 3 is 2.37 bits per heavy atom. The van der Waals surface area contributed by atoms with Gasteiger partial charge in [0.15, 0.2) is 11.6 Å². The summed E-state index contributed by atoms with van der Waals surface area (Å²) in [5.41, 5.74) is 0.293. The fourth-order valence-electron chi connectivity index (χ4n) is 2.36. The molecule has 0 saturated carbocycles. The predicted octanol–water partition coefficient (Wildman–Crippen LogP) is 3.63. The summed E-state index contributed by atoms with van der Waals surface area (Å²) < 4.78 is 31.4. The highest BCUT2D eigenvalue weighted by Gasteiger charge is 2.34. The molecule has 0 aliphatic carbocycles. The van der Waals surface area contributed by atoms with E-state index in [0.717, 1.165) is 12.4 Å². The van der Waals surface area contributed by atoms with E-state index in [-0.39, 0.29) is 0 Å². The van der Waals surface area contributed by atoms with E-state index >= 15 is 0 Å². The van der Waals surface area contributed by atoms with Crippen LogP contribution < -0.4 is 0 Å². The highest BCUT2D eigenvalue weighted by Crippen LogP contribution is 2.37. The van der Waals surface area contributed by atoms with Gasteiger partial charge in [-0.3, -0.25) is 0 Å². The van der Waals surface area contributed by atoms with E-state index in [2.05, 4.69) is 0 Å². The minimum atomic E-state index is -0.862. The second-order valence-corrected chi connectivity index (χ2v) is 4.39. The molecule has 106 valence electrons. The number of aldehydes is 1. The number of carbonyl (C=O) groups excluding carboxylic acids is 1. The largest absolute Gasteiger partial charge is 0.381 e. The summed E-state index contributed by atoms with van der Waals surface area (Å²) in [6.45, 7) is 5.10. The van der Waals surface area contributed by atoms with Crippen LogP contribution in [0.2, 0.25) is 0 Å². The van der Waals surface area contributed by atoms with E-state index in [1.165, 1.54) is 6.07 Å². The summed E-state index contributed by atoms with van der Waals surface area (Å²) in [7, 11) is 0. The normalized spacial score (nSPS) is 17.3. The number of ether oxygens (including phenoxy) is 1. The summed E-state index contributed by atoms with van der Waals surface area (Å²) in [4.78, 5) is 10.8. The maximum absolute atomic E-state index is 13.2. The molecule has 0 bridgehead atoms. The highest BCUT2D eigenvalue weighted by atomic mass is 19.2. The van der Waals surface area contributed by atoms with E-state index in [9.17, 15) is 13.6 Å². The van der Waals surface area contributed by atoms with Crippen LogP contribution >= 0.6 is 0 Å². The standard InChI is InChI=1S/C13H14F2O2.C2H6/c14-11-2-1-10(9-12(11)15)13(3-6-16)4-7-17-8-5-13;1-2/h1-2,6,9H,3-5,7-8H2;1-2H3. The number of hydrogen-bond acceptors (Lipinski definition) is 2. The Labute approximate surface area is 112 Å². The topological polar surface area (TPSA) is 26.3 Å². The van der Waals surface area contributed by atoms with Gasteiger partial charge in [0, 0.05) is 25.0 Å². The Hall–Kier alpha value is -1.29. The quantitative estimate of drug-likeness (QED) is 0.784.